The van der Waals surface area contributed by atoms with Gasteiger partial charge in [-0.2, -0.15) is 0 Å². The first kappa shape index (κ1) is 40.7. The molecule has 0 spiro atoms. The molecule has 0 fully saturated rings. The van der Waals surface area contributed by atoms with Crippen LogP contribution in [0.25, 0.3) is 98.4 Å². The van der Waals surface area contributed by atoms with E-state index in [1.807, 2.05) is 0 Å². The van der Waals surface area contributed by atoms with Gasteiger partial charge in [0.2, 0.25) is 0 Å². The highest BCUT2D eigenvalue weighted by atomic mass is 15.1. The molecular formula is C68H49N. The van der Waals surface area contributed by atoms with Gasteiger partial charge in [-0.05, 0) is 196 Å². The zero-order chi connectivity index (χ0) is 45.7. The van der Waals surface area contributed by atoms with Crippen molar-refractivity contribution in [2.45, 2.75) is 25.7 Å². The third-order valence-electron chi connectivity index (χ3n) is 14.5. The van der Waals surface area contributed by atoms with Gasteiger partial charge in [0.1, 0.15) is 0 Å². The normalized spacial score (nSPS) is 13.6. The summed E-state index contributed by atoms with van der Waals surface area (Å²) in [5, 5.41) is 12.8. The fourth-order valence-electron chi connectivity index (χ4n) is 11.3. The van der Waals surface area contributed by atoms with Crippen molar-refractivity contribution in [2.24, 2.45) is 0 Å². The van der Waals surface area contributed by atoms with Crippen molar-refractivity contribution in [3.8, 4) is 33.4 Å². The van der Waals surface area contributed by atoms with Crippen molar-refractivity contribution in [3.63, 3.8) is 0 Å². The summed E-state index contributed by atoms with van der Waals surface area (Å²) in [6.07, 6.45) is 18.3. The van der Waals surface area contributed by atoms with Gasteiger partial charge in [0, 0.05) is 17.1 Å². The molecule has 0 aliphatic heterocycles. The number of fused-ring (bicyclic) bond motifs is 9. The van der Waals surface area contributed by atoms with Crippen LogP contribution in [-0.4, -0.2) is 0 Å². The summed E-state index contributed by atoms with van der Waals surface area (Å²) in [5.41, 5.74) is 16.1. The van der Waals surface area contributed by atoms with E-state index >= 15 is 0 Å². The molecule has 13 rings (SSSR count). The van der Waals surface area contributed by atoms with Crippen molar-refractivity contribution in [1.29, 1.82) is 0 Å². The van der Waals surface area contributed by atoms with Gasteiger partial charge in [0.25, 0.3) is 0 Å². The van der Waals surface area contributed by atoms with Gasteiger partial charge in [-0.1, -0.05) is 188 Å². The van der Waals surface area contributed by atoms with E-state index in [1.165, 1.54) is 110 Å². The first-order chi connectivity index (χ1) is 34.2. The monoisotopic (exact) mass is 879 g/mol. The Bertz CT molecular complexity index is 3870. The van der Waals surface area contributed by atoms with Crippen molar-refractivity contribution < 1.29 is 0 Å². The standard InChI is InChI=1S/C68H49N/c1-6-20-46(21-7-1)50-36-40-59-64(42-50)65-44-52(61-43-51-26-16-17-31-56(51)57-32-18-19-33-58(57)61)37-41-60(65)68-66(49-24-10-3-11-25-49)62(47-22-8-2-9-23-47)45-63(67(59)68)48-34-38-55(39-35-48)69(53-27-12-4-13-28-53)54-29-14-5-15-30-54/h1,3-8,10,12-24,26-45H,2,9,11,25H2. The average molecular weight is 880 g/mol. The maximum atomic E-state index is 2.53. The van der Waals surface area contributed by atoms with Gasteiger partial charge in [0.15, 0.2) is 0 Å². The molecule has 0 aromatic heterocycles. The number of hydrogen-bond donors (Lipinski definition) is 0. The van der Waals surface area contributed by atoms with Crippen LogP contribution in [0.15, 0.2) is 249 Å². The molecule has 0 unspecified atom stereocenters. The molecule has 0 amide bonds. The number of anilines is 3. The Balaban J connectivity index is 1.14. The summed E-state index contributed by atoms with van der Waals surface area (Å²) in [5.74, 6) is 0. The lowest BCUT2D eigenvalue weighted by Crippen LogP contribution is -2.09. The number of rotatable bonds is 8. The molecule has 1 heteroatoms. The maximum Gasteiger partial charge on any atom is 0.0462 e. The topological polar surface area (TPSA) is 3.24 Å². The Labute approximate surface area is 403 Å². The summed E-state index contributed by atoms with van der Waals surface area (Å²) in [7, 11) is 0. The third kappa shape index (κ3) is 7.18. The fourth-order valence-corrected chi connectivity index (χ4v) is 11.3. The number of hydrogen-bond acceptors (Lipinski definition) is 1. The molecule has 0 radical (unpaired) electrons. The Morgan fingerprint density at radius 2 is 0.957 bits per heavy atom. The minimum Gasteiger partial charge on any atom is -0.311 e. The number of nitrogens with zero attached hydrogens (tertiary/aromatic N) is 1. The molecule has 0 saturated carbocycles. The minimum absolute atomic E-state index is 0.992. The van der Waals surface area contributed by atoms with Gasteiger partial charge < -0.3 is 4.90 Å². The molecule has 11 aromatic rings. The second kappa shape index (κ2) is 17.3. The molecule has 326 valence electrons. The highest BCUT2D eigenvalue weighted by Gasteiger charge is 2.25. The number of allylic oxidation sites excluding steroid dienone is 8. The lowest BCUT2D eigenvalue weighted by molar-refractivity contribution is 1.04. The Morgan fingerprint density at radius 1 is 0.348 bits per heavy atom. The van der Waals surface area contributed by atoms with Crippen LogP contribution in [-0.2, 0) is 0 Å². The number of para-hydroxylation sites is 2. The average Bonchev–Trinajstić information content (AvgIpc) is 3.43. The summed E-state index contributed by atoms with van der Waals surface area (Å²) in [4.78, 5) is 2.35. The Hall–Kier alpha value is -8.52. The summed E-state index contributed by atoms with van der Waals surface area (Å²) >= 11 is 0. The first-order valence-electron chi connectivity index (χ1n) is 24.5. The van der Waals surface area contributed by atoms with Crippen molar-refractivity contribution >= 4 is 82.1 Å². The van der Waals surface area contributed by atoms with Crippen LogP contribution in [0.3, 0.4) is 0 Å². The van der Waals surface area contributed by atoms with Crippen LogP contribution in [0.2, 0.25) is 0 Å². The van der Waals surface area contributed by atoms with E-state index in [-0.39, 0.29) is 0 Å². The second-order valence-corrected chi connectivity index (χ2v) is 18.5. The Kier molecular flexibility index (Phi) is 10.2. The zero-order valence-corrected chi connectivity index (χ0v) is 38.4. The third-order valence-corrected chi connectivity index (χ3v) is 14.5. The SMILES string of the molecule is C1=CCCC(c2c(C3=CCCC=C3)cc(-c3ccc(N(c4ccccc4)c4ccccc4)cc3)c3c4ccc(-c5ccccc5)cc4c4cc(-c5cc6ccccc6c6ccccc56)ccc4c23)=C1. The van der Waals surface area contributed by atoms with E-state index < -0.39 is 0 Å². The van der Waals surface area contributed by atoms with Crippen LogP contribution in [0.4, 0.5) is 17.1 Å². The predicted octanol–water partition coefficient (Wildman–Crippen LogP) is 19.4. The van der Waals surface area contributed by atoms with E-state index in [9.17, 15) is 0 Å². The quantitative estimate of drug-likeness (QED) is 0.137. The first-order valence-corrected chi connectivity index (χ1v) is 24.5. The molecule has 0 saturated heterocycles. The number of benzene rings is 11. The van der Waals surface area contributed by atoms with Crippen molar-refractivity contribution in [1.82, 2.24) is 0 Å². The van der Waals surface area contributed by atoms with Crippen LogP contribution < -0.4 is 4.90 Å². The lowest BCUT2D eigenvalue weighted by atomic mass is 9.78. The predicted molar refractivity (Wildman–Crippen MR) is 298 cm³/mol. The molecule has 2 aliphatic carbocycles. The summed E-state index contributed by atoms with van der Waals surface area (Å²) in [6, 6.07) is 78.8. The van der Waals surface area contributed by atoms with E-state index in [1.54, 1.807) is 0 Å². The van der Waals surface area contributed by atoms with Gasteiger partial charge in [0.05, 0.1) is 0 Å². The molecule has 0 atom stereocenters. The second-order valence-electron chi connectivity index (χ2n) is 18.5. The highest BCUT2D eigenvalue weighted by molar-refractivity contribution is 6.32. The largest absolute Gasteiger partial charge is 0.311 e. The molecule has 69 heavy (non-hydrogen) atoms. The van der Waals surface area contributed by atoms with Crippen LogP contribution in [0, 0.1) is 0 Å². The van der Waals surface area contributed by atoms with Crippen LogP contribution in [0.5, 0.6) is 0 Å². The zero-order valence-electron chi connectivity index (χ0n) is 38.4. The molecular weight excluding hydrogens is 831 g/mol. The van der Waals surface area contributed by atoms with Crippen LogP contribution >= 0.6 is 0 Å². The maximum absolute atomic E-state index is 2.53. The molecule has 11 aromatic carbocycles. The van der Waals surface area contributed by atoms with Crippen molar-refractivity contribution in [3.05, 3.63) is 260 Å². The van der Waals surface area contributed by atoms with Gasteiger partial charge in [-0.15, -0.1) is 0 Å². The molecule has 0 N–H and O–H groups in total. The van der Waals surface area contributed by atoms with Crippen LogP contribution in [0.1, 0.15) is 36.8 Å². The summed E-state index contributed by atoms with van der Waals surface area (Å²) in [6.45, 7) is 0. The molecule has 1 nitrogen and oxygen atoms in total. The summed E-state index contributed by atoms with van der Waals surface area (Å²) < 4.78 is 0. The molecule has 0 bridgehead atoms. The van der Waals surface area contributed by atoms with Gasteiger partial charge in [-0.25, -0.2) is 0 Å². The van der Waals surface area contributed by atoms with E-state index in [0.717, 1.165) is 42.7 Å². The van der Waals surface area contributed by atoms with Gasteiger partial charge in [-0.3, -0.25) is 0 Å². The highest BCUT2D eigenvalue weighted by Crippen LogP contribution is 2.50. The van der Waals surface area contributed by atoms with Gasteiger partial charge >= 0.3 is 0 Å². The van der Waals surface area contributed by atoms with Crippen molar-refractivity contribution in [2.75, 3.05) is 4.90 Å². The van der Waals surface area contributed by atoms with E-state index in [0.29, 0.717) is 0 Å². The smallest absolute Gasteiger partial charge is 0.0462 e. The van der Waals surface area contributed by atoms with E-state index in [2.05, 4.69) is 254 Å². The Morgan fingerprint density at radius 3 is 1.65 bits per heavy atom. The molecule has 2 aliphatic rings. The fraction of sp³-hybridized carbons (Fsp3) is 0.0588. The molecule has 0 heterocycles. The minimum atomic E-state index is 0.992. The lowest BCUT2D eigenvalue weighted by Gasteiger charge is -2.26. The van der Waals surface area contributed by atoms with E-state index in [4.69, 9.17) is 0 Å².